The number of aromatic nitrogens is 1. The van der Waals surface area contributed by atoms with Crippen LogP contribution < -0.4 is 9.54 Å². The van der Waals surface area contributed by atoms with Crippen molar-refractivity contribution in [1.29, 1.82) is 0 Å². The Hall–Kier alpha value is -3.00. The Morgan fingerprint density at radius 2 is 2.04 bits per heavy atom. The van der Waals surface area contributed by atoms with Gasteiger partial charge < -0.3 is 14.0 Å². The number of fused-ring (bicyclic) bond motifs is 1. The zero-order valence-electron chi connectivity index (χ0n) is 14.8. The van der Waals surface area contributed by atoms with Gasteiger partial charge in [-0.2, -0.15) is 4.99 Å². The number of benzene rings is 2. The van der Waals surface area contributed by atoms with Crippen molar-refractivity contribution in [2.45, 2.75) is 13.5 Å². The van der Waals surface area contributed by atoms with Crippen molar-refractivity contribution in [2.75, 3.05) is 13.7 Å². The van der Waals surface area contributed by atoms with Gasteiger partial charge in [0.25, 0.3) is 5.91 Å². The van der Waals surface area contributed by atoms with Crippen molar-refractivity contribution in [3.63, 3.8) is 0 Å². The Morgan fingerprint density at radius 3 is 2.78 bits per heavy atom. The van der Waals surface area contributed by atoms with Gasteiger partial charge in [0.1, 0.15) is 18.1 Å². The first kappa shape index (κ1) is 18.8. The molecule has 3 rings (SSSR count). The number of nitrogens with zero attached hydrogens (tertiary/aromatic N) is 2. The van der Waals surface area contributed by atoms with E-state index in [1.165, 1.54) is 29.9 Å². The normalized spacial score (nSPS) is 11.6. The van der Waals surface area contributed by atoms with E-state index >= 15 is 0 Å². The number of ether oxygens (including phenoxy) is 2. The number of carbonyl (C=O) groups excluding carboxylic acids is 2. The molecule has 0 fully saturated rings. The Labute approximate surface area is 158 Å². The number of rotatable bonds is 5. The van der Waals surface area contributed by atoms with Crippen LogP contribution in [0, 0.1) is 12.7 Å². The second-order valence-corrected chi connectivity index (χ2v) is 6.78. The summed E-state index contributed by atoms with van der Waals surface area (Å²) in [5.41, 5.74) is 1.61. The summed E-state index contributed by atoms with van der Waals surface area (Å²) in [6, 6.07) is 11.5. The fourth-order valence-corrected chi connectivity index (χ4v) is 3.54. The summed E-state index contributed by atoms with van der Waals surface area (Å²) in [5.74, 6) is -0.847. The van der Waals surface area contributed by atoms with Crippen LogP contribution in [0.3, 0.4) is 0 Å². The van der Waals surface area contributed by atoms with Gasteiger partial charge in [-0.25, -0.2) is 4.39 Å². The predicted molar refractivity (Wildman–Crippen MR) is 99.0 cm³/mol. The van der Waals surface area contributed by atoms with Crippen molar-refractivity contribution in [3.8, 4) is 5.75 Å². The van der Waals surface area contributed by atoms with Crippen LogP contribution in [0.2, 0.25) is 0 Å². The molecule has 0 saturated carbocycles. The maximum Gasteiger partial charge on any atom is 0.325 e. The fraction of sp³-hybridized carbons (Fsp3) is 0.211. The molecule has 3 aromatic rings. The van der Waals surface area contributed by atoms with Gasteiger partial charge in [0, 0.05) is 0 Å². The second kappa shape index (κ2) is 8.13. The van der Waals surface area contributed by atoms with Gasteiger partial charge in [0.2, 0.25) is 0 Å². The molecule has 140 valence electrons. The molecular weight excluding hydrogens is 371 g/mol. The number of thiazole rings is 1. The van der Waals surface area contributed by atoms with Gasteiger partial charge in [-0.3, -0.25) is 9.59 Å². The number of hydrogen-bond donors (Lipinski definition) is 0. The van der Waals surface area contributed by atoms with E-state index < -0.39 is 17.7 Å². The van der Waals surface area contributed by atoms with E-state index in [-0.39, 0.29) is 18.0 Å². The monoisotopic (exact) mass is 388 g/mol. The molecule has 1 amide bonds. The van der Waals surface area contributed by atoms with Crippen LogP contribution in [0.15, 0.2) is 47.5 Å². The third-order valence-corrected chi connectivity index (χ3v) is 4.77. The average molecular weight is 388 g/mol. The molecule has 2 aromatic carbocycles. The van der Waals surface area contributed by atoms with Crippen molar-refractivity contribution >= 4 is 33.4 Å². The SMILES string of the molecule is COC(=O)Cn1c(=NC(=O)COc2cccc(C)c2)sc2cc(F)ccc21. The number of halogens is 1. The van der Waals surface area contributed by atoms with Crippen LogP contribution in [-0.4, -0.2) is 30.2 Å². The number of hydrogen-bond acceptors (Lipinski definition) is 5. The number of carbonyl (C=O) groups is 2. The highest BCUT2D eigenvalue weighted by molar-refractivity contribution is 7.16. The Bertz CT molecular complexity index is 1070. The lowest BCUT2D eigenvalue weighted by atomic mass is 10.2. The van der Waals surface area contributed by atoms with Crippen LogP contribution in [-0.2, 0) is 20.9 Å². The largest absolute Gasteiger partial charge is 0.484 e. The molecule has 0 aliphatic carbocycles. The van der Waals surface area contributed by atoms with Crippen molar-refractivity contribution in [2.24, 2.45) is 4.99 Å². The van der Waals surface area contributed by atoms with E-state index in [1.807, 2.05) is 25.1 Å². The van der Waals surface area contributed by atoms with Gasteiger partial charge in [-0.15, -0.1) is 0 Å². The smallest absolute Gasteiger partial charge is 0.325 e. The number of methoxy groups -OCH3 is 1. The lowest BCUT2D eigenvalue weighted by Gasteiger charge is -2.05. The van der Waals surface area contributed by atoms with Crippen molar-refractivity contribution < 1.29 is 23.5 Å². The second-order valence-electron chi connectivity index (χ2n) is 5.77. The molecule has 0 saturated heterocycles. The van der Waals surface area contributed by atoms with Gasteiger partial charge >= 0.3 is 5.97 Å². The molecule has 6 nitrogen and oxygen atoms in total. The van der Waals surface area contributed by atoms with Gasteiger partial charge in [0.05, 0.1) is 17.3 Å². The Balaban J connectivity index is 1.90. The summed E-state index contributed by atoms with van der Waals surface area (Å²) in [6.07, 6.45) is 0. The van der Waals surface area contributed by atoms with Crippen LogP contribution in [0.25, 0.3) is 10.2 Å². The Kier molecular flexibility index (Phi) is 5.66. The van der Waals surface area contributed by atoms with Crippen molar-refractivity contribution in [3.05, 3.63) is 58.6 Å². The molecule has 0 N–H and O–H groups in total. The molecule has 0 aliphatic rings. The highest BCUT2D eigenvalue weighted by Crippen LogP contribution is 2.19. The summed E-state index contributed by atoms with van der Waals surface area (Å²) in [6.45, 7) is 1.54. The molecule has 1 aromatic heterocycles. The van der Waals surface area contributed by atoms with Crippen LogP contribution >= 0.6 is 11.3 Å². The quantitative estimate of drug-likeness (QED) is 0.630. The summed E-state index contributed by atoms with van der Waals surface area (Å²) in [7, 11) is 1.27. The molecular formula is C19H17FN2O4S. The molecule has 0 spiro atoms. The van der Waals surface area contributed by atoms with Gasteiger partial charge in [-0.1, -0.05) is 23.5 Å². The van der Waals surface area contributed by atoms with E-state index in [4.69, 9.17) is 9.47 Å². The van der Waals surface area contributed by atoms with Crippen LogP contribution in [0.5, 0.6) is 5.75 Å². The minimum Gasteiger partial charge on any atom is -0.484 e. The molecule has 0 radical (unpaired) electrons. The average Bonchev–Trinajstić information content (AvgIpc) is 2.96. The standard InChI is InChI=1S/C19H17FN2O4S/c1-12-4-3-5-14(8-12)26-11-17(23)21-19-22(10-18(24)25-2)15-7-6-13(20)9-16(15)27-19/h3-9H,10-11H2,1-2H3. The van der Waals surface area contributed by atoms with E-state index in [9.17, 15) is 14.0 Å². The summed E-state index contributed by atoms with van der Waals surface area (Å²) < 4.78 is 25.7. The van der Waals surface area contributed by atoms with E-state index in [2.05, 4.69) is 4.99 Å². The molecule has 0 aliphatic heterocycles. The lowest BCUT2D eigenvalue weighted by Crippen LogP contribution is -2.23. The first-order valence-corrected chi connectivity index (χ1v) is 8.90. The van der Waals surface area contributed by atoms with Crippen molar-refractivity contribution in [1.82, 2.24) is 4.57 Å². The van der Waals surface area contributed by atoms with Crippen LogP contribution in [0.4, 0.5) is 4.39 Å². The zero-order valence-corrected chi connectivity index (χ0v) is 15.6. The number of aryl methyl sites for hydroxylation is 1. The Morgan fingerprint density at radius 1 is 1.22 bits per heavy atom. The summed E-state index contributed by atoms with van der Waals surface area (Å²) in [4.78, 5) is 28.3. The molecule has 0 bridgehead atoms. The van der Waals surface area contributed by atoms with E-state index in [0.29, 0.717) is 16.0 Å². The maximum absolute atomic E-state index is 13.5. The highest BCUT2D eigenvalue weighted by Gasteiger charge is 2.12. The molecule has 1 heterocycles. The molecule has 0 unspecified atom stereocenters. The molecule has 8 heteroatoms. The topological polar surface area (TPSA) is 69.9 Å². The fourth-order valence-electron chi connectivity index (χ4n) is 2.47. The van der Waals surface area contributed by atoms with E-state index in [0.717, 1.165) is 16.9 Å². The molecule has 0 atom stereocenters. The first-order valence-electron chi connectivity index (χ1n) is 8.09. The maximum atomic E-state index is 13.5. The third-order valence-electron chi connectivity index (χ3n) is 3.73. The minimum absolute atomic E-state index is 0.132. The number of amides is 1. The zero-order chi connectivity index (χ0) is 19.4. The van der Waals surface area contributed by atoms with E-state index in [1.54, 1.807) is 6.07 Å². The number of esters is 1. The summed E-state index contributed by atoms with van der Waals surface area (Å²) in [5, 5.41) is 0. The van der Waals surface area contributed by atoms with Gasteiger partial charge in [0.15, 0.2) is 11.4 Å². The third kappa shape index (κ3) is 4.59. The minimum atomic E-state index is -0.512. The summed E-state index contributed by atoms with van der Waals surface area (Å²) >= 11 is 1.12. The molecule has 27 heavy (non-hydrogen) atoms. The van der Waals surface area contributed by atoms with Gasteiger partial charge in [-0.05, 0) is 42.8 Å². The highest BCUT2D eigenvalue weighted by atomic mass is 32.1. The lowest BCUT2D eigenvalue weighted by molar-refractivity contribution is -0.141. The van der Waals surface area contributed by atoms with Crippen LogP contribution in [0.1, 0.15) is 5.56 Å². The first-order chi connectivity index (χ1) is 13.0. The predicted octanol–water partition coefficient (Wildman–Crippen LogP) is 2.83.